The molecule has 1 atom stereocenters. The van der Waals surface area contributed by atoms with Crippen LogP contribution in [0.1, 0.15) is 38.7 Å². The van der Waals surface area contributed by atoms with E-state index in [0.29, 0.717) is 23.4 Å². The Bertz CT molecular complexity index is 723. The fourth-order valence-corrected chi connectivity index (χ4v) is 3.36. The average molecular weight is 435 g/mol. The van der Waals surface area contributed by atoms with Crippen molar-refractivity contribution in [1.82, 2.24) is 21.5 Å². The molecule has 0 radical (unpaired) electrons. The fourth-order valence-electron chi connectivity index (χ4n) is 2.98. The highest BCUT2D eigenvalue weighted by molar-refractivity contribution is 7.80. The Balaban J connectivity index is 1.95. The van der Waals surface area contributed by atoms with E-state index in [9.17, 15) is 0 Å². The van der Waals surface area contributed by atoms with Crippen molar-refractivity contribution in [2.75, 3.05) is 19.7 Å². The van der Waals surface area contributed by atoms with Crippen LogP contribution in [0.5, 0.6) is 0 Å². The highest BCUT2D eigenvalue weighted by Crippen LogP contribution is 2.24. The summed E-state index contributed by atoms with van der Waals surface area (Å²) in [6, 6.07) is 10.2. The van der Waals surface area contributed by atoms with Crippen LogP contribution in [0.25, 0.3) is 0 Å². The van der Waals surface area contributed by atoms with Gasteiger partial charge in [0.15, 0.2) is 10.2 Å². The molecule has 9 heteroatoms. The number of hydrazone groups is 2. The lowest BCUT2D eigenvalue weighted by Gasteiger charge is -2.13. The van der Waals surface area contributed by atoms with Crippen LogP contribution in [-0.2, 0) is 11.3 Å². The Morgan fingerprint density at radius 3 is 2.34 bits per heavy atom. The number of rotatable bonds is 9. The van der Waals surface area contributed by atoms with Crippen molar-refractivity contribution >= 4 is 46.1 Å². The molecule has 1 unspecified atom stereocenters. The SMILES string of the molecule is CCNC(=S)NN=C1/C(=N/NC(=S)NCC)CCC1CCOCc1ccccc1. The average Bonchev–Trinajstić information content (AvgIpc) is 3.11. The highest BCUT2D eigenvalue weighted by atomic mass is 32.1. The normalized spacial score (nSPS) is 18.6. The first-order valence-corrected chi connectivity index (χ1v) is 10.8. The van der Waals surface area contributed by atoms with Gasteiger partial charge in [-0.1, -0.05) is 30.3 Å². The van der Waals surface area contributed by atoms with E-state index in [1.165, 1.54) is 5.56 Å². The van der Waals surface area contributed by atoms with Gasteiger partial charge in [0.25, 0.3) is 0 Å². The van der Waals surface area contributed by atoms with Crippen LogP contribution in [-0.4, -0.2) is 41.3 Å². The van der Waals surface area contributed by atoms with E-state index in [4.69, 9.17) is 29.2 Å². The Morgan fingerprint density at radius 1 is 1.03 bits per heavy atom. The van der Waals surface area contributed by atoms with Gasteiger partial charge in [0, 0.05) is 25.6 Å². The van der Waals surface area contributed by atoms with Crippen molar-refractivity contribution in [1.29, 1.82) is 0 Å². The molecule has 1 fully saturated rings. The van der Waals surface area contributed by atoms with E-state index in [0.717, 1.165) is 43.8 Å². The minimum atomic E-state index is 0.260. The molecule has 0 spiro atoms. The number of benzene rings is 1. The molecule has 1 aliphatic rings. The fraction of sp³-hybridized carbons (Fsp3) is 0.500. The number of nitrogens with one attached hydrogen (secondary N) is 4. The molecular weight excluding hydrogens is 404 g/mol. The summed E-state index contributed by atoms with van der Waals surface area (Å²) in [6.45, 7) is 6.74. The highest BCUT2D eigenvalue weighted by Gasteiger charge is 2.29. The van der Waals surface area contributed by atoms with Crippen molar-refractivity contribution in [2.24, 2.45) is 16.1 Å². The van der Waals surface area contributed by atoms with Crippen LogP contribution >= 0.6 is 24.4 Å². The Hall–Kier alpha value is -2.10. The van der Waals surface area contributed by atoms with E-state index < -0.39 is 0 Å². The molecule has 29 heavy (non-hydrogen) atoms. The number of hydrogen-bond donors (Lipinski definition) is 4. The molecule has 1 saturated carbocycles. The van der Waals surface area contributed by atoms with Gasteiger partial charge in [-0.05, 0) is 63.1 Å². The van der Waals surface area contributed by atoms with Gasteiger partial charge in [-0.25, -0.2) is 0 Å². The molecule has 0 aliphatic heterocycles. The van der Waals surface area contributed by atoms with Crippen LogP contribution in [0.2, 0.25) is 0 Å². The van der Waals surface area contributed by atoms with Crippen LogP contribution < -0.4 is 21.5 Å². The van der Waals surface area contributed by atoms with Gasteiger partial charge in [0.1, 0.15) is 0 Å². The first-order chi connectivity index (χ1) is 14.1. The summed E-state index contributed by atoms with van der Waals surface area (Å²) in [5.74, 6) is 0.260. The number of ether oxygens (including phenoxy) is 1. The maximum Gasteiger partial charge on any atom is 0.186 e. The van der Waals surface area contributed by atoms with Crippen molar-refractivity contribution in [3.63, 3.8) is 0 Å². The summed E-state index contributed by atoms with van der Waals surface area (Å²) in [4.78, 5) is 0. The molecule has 1 aliphatic carbocycles. The first kappa shape index (κ1) is 23.2. The lowest BCUT2D eigenvalue weighted by atomic mass is 10.0. The molecule has 1 aromatic rings. The zero-order chi connectivity index (χ0) is 20.9. The lowest BCUT2D eigenvalue weighted by molar-refractivity contribution is 0.113. The van der Waals surface area contributed by atoms with Gasteiger partial charge < -0.3 is 15.4 Å². The third-order valence-electron chi connectivity index (χ3n) is 4.38. The lowest BCUT2D eigenvalue weighted by Crippen LogP contribution is -2.35. The molecule has 0 saturated heterocycles. The second-order valence-electron chi connectivity index (χ2n) is 6.56. The summed E-state index contributed by atoms with van der Waals surface area (Å²) >= 11 is 10.4. The van der Waals surface area contributed by atoms with Crippen molar-refractivity contribution in [3.8, 4) is 0 Å². The van der Waals surface area contributed by atoms with Gasteiger partial charge in [-0.2, -0.15) is 10.2 Å². The summed E-state index contributed by atoms with van der Waals surface area (Å²) in [5.41, 5.74) is 8.79. The molecule has 1 aromatic carbocycles. The minimum Gasteiger partial charge on any atom is -0.377 e. The van der Waals surface area contributed by atoms with E-state index in [-0.39, 0.29) is 5.92 Å². The van der Waals surface area contributed by atoms with Crippen LogP contribution in [0.3, 0.4) is 0 Å². The molecule has 0 bridgehead atoms. The Labute approximate surface area is 183 Å². The third-order valence-corrected chi connectivity index (χ3v) is 4.85. The number of hydrogen-bond acceptors (Lipinski definition) is 5. The molecule has 158 valence electrons. The number of thiocarbonyl (C=S) groups is 2. The van der Waals surface area contributed by atoms with Crippen LogP contribution in [0.15, 0.2) is 40.5 Å². The number of nitrogens with zero attached hydrogens (tertiary/aromatic N) is 2. The monoisotopic (exact) mass is 434 g/mol. The Kier molecular flexibility index (Phi) is 10.5. The van der Waals surface area contributed by atoms with Gasteiger partial charge in [-0.15, -0.1) is 0 Å². The molecule has 2 rings (SSSR count). The maximum atomic E-state index is 5.86. The zero-order valence-electron chi connectivity index (χ0n) is 17.0. The minimum absolute atomic E-state index is 0.260. The summed E-state index contributed by atoms with van der Waals surface area (Å²) in [5, 5.41) is 16.1. The van der Waals surface area contributed by atoms with Crippen molar-refractivity contribution in [3.05, 3.63) is 35.9 Å². The van der Waals surface area contributed by atoms with Gasteiger partial charge in [-0.3, -0.25) is 10.9 Å². The van der Waals surface area contributed by atoms with E-state index >= 15 is 0 Å². The second kappa shape index (κ2) is 13.2. The third kappa shape index (κ3) is 8.43. The van der Waals surface area contributed by atoms with Crippen LogP contribution in [0.4, 0.5) is 0 Å². The molecular formula is C20H30N6OS2. The quantitative estimate of drug-likeness (QED) is 0.270. The summed E-state index contributed by atoms with van der Waals surface area (Å²) < 4.78 is 5.86. The van der Waals surface area contributed by atoms with Crippen LogP contribution in [0, 0.1) is 5.92 Å². The molecule has 0 heterocycles. The van der Waals surface area contributed by atoms with E-state index in [2.05, 4.69) is 43.8 Å². The standard InChI is InChI=1S/C20H30N6OS2/c1-3-21-19(28)25-23-17-11-10-16(18(17)24-26-20(29)22-4-2)12-13-27-14-15-8-6-5-7-9-15/h5-9,16H,3-4,10-14H2,1-2H3,(H2,21,25,28)(H2,22,26,29)/b23-17+,24-18?. The van der Waals surface area contributed by atoms with E-state index in [1.54, 1.807) is 0 Å². The maximum absolute atomic E-state index is 5.86. The predicted molar refractivity (Wildman–Crippen MR) is 127 cm³/mol. The zero-order valence-corrected chi connectivity index (χ0v) is 18.7. The summed E-state index contributed by atoms with van der Waals surface area (Å²) in [6.07, 6.45) is 2.68. The van der Waals surface area contributed by atoms with Gasteiger partial charge >= 0.3 is 0 Å². The topological polar surface area (TPSA) is 82.1 Å². The van der Waals surface area contributed by atoms with Crippen molar-refractivity contribution in [2.45, 2.75) is 39.7 Å². The molecule has 4 N–H and O–H groups in total. The predicted octanol–water partition coefficient (Wildman–Crippen LogP) is 2.68. The smallest absolute Gasteiger partial charge is 0.186 e. The summed E-state index contributed by atoms with van der Waals surface area (Å²) in [7, 11) is 0. The van der Waals surface area contributed by atoms with E-state index in [1.807, 2.05) is 32.0 Å². The van der Waals surface area contributed by atoms with Gasteiger partial charge in [0.2, 0.25) is 0 Å². The molecule has 0 aromatic heterocycles. The van der Waals surface area contributed by atoms with Gasteiger partial charge in [0.05, 0.1) is 18.0 Å². The Morgan fingerprint density at radius 2 is 1.69 bits per heavy atom. The largest absolute Gasteiger partial charge is 0.377 e. The van der Waals surface area contributed by atoms with Crippen molar-refractivity contribution < 1.29 is 4.74 Å². The molecule has 7 nitrogen and oxygen atoms in total. The second-order valence-corrected chi connectivity index (χ2v) is 7.38. The first-order valence-electron chi connectivity index (χ1n) is 9.97. The molecule has 0 amide bonds.